The quantitative estimate of drug-likeness (QED) is 0.263. The van der Waals surface area contributed by atoms with Crippen molar-refractivity contribution in [1.29, 1.82) is 0 Å². The molecule has 2 aromatic carbocycles. The third-order valence-corrected chi connectivity index (χ3v) is 8.48. The number of aryl methyl sites for hydroxylation is 1. The standard InChI is InChI=1S/C31H44N6O3S/c1-22-21-32-29(34-24-10-12-26(13-11-24)40-17-16-37-14-8-9-15-37)35-28(22)33-25-18-23(30(2,3)4)19-27(20-25)41(38,39)36-31(5,6)7/h10-13,18-21,36H,8-9,14-17H2,1-7H3,(H2,32,33,34,35). The van der Waals surface area contributed by atoms with Gasteiger partial charge < -0.3 is 15.4 Å². The first-order valence-corrected chi connectivity index (χ1v) is 15.7. The maximum atomic E-state index is 13.2. The first kappa shape index (κ1) is 30.7. The van der Waals surface area contributed by atoms with Crippen molar-refractivity contribution in [3.05, 3.63) is 59.8 Å². The van der Waals surface area contributed by atoms with Crippen molar-refractivity contribution in [2.24, 2.45) is 0 Å². The lowest BCUT2D eigenvalue weighted by Crippen LogP contribution is -2.40. The Morgan fingerprint density at radius 3 is 2.24 bits per heavy atom. The molecule has 1 saturated heterocycles. The SMILES string of the molecule is Cc1cnc(Nc2ccc(OCCN3CCCC3)cc2)nc1Nc1cc(C(C)(C)C)cc(S(=O)(=O)NC(C)(C)C)c1. The average molecular weight is 581 g/mol. The van der Waals surface area contributed by atoms with Gasteiger partial charge in [-0.05, 0) is 107 Å². The molecule has 0 aliphatic carbocycles. The Morgan fingerprint density at radius 1 is 0.927 bits per heavy atom. The fourth-order valence-corrected chi connectivity index (χ4v) is 6.04. The summed E-state index contributed by atoms with van der Waals surface area (Å²) in [5.74, 6) is 1.84. The zero-order valence-electron chi connectivity index (χ0n) is 25.3. The van der Waals surface area contributed by atoms with E-state index in [0.29, 0.717) is 24.1 Å². The lowest BCUT2D eigenvalue weighted by Gasteiger charge is -2.24. The van der Waals surface area contributed by atoms with Crippen molar-refractivity contribution in [3.63, 3.8) is 0 Å². The van der Waals surface area contributed by atoms with Gasteiger partial charge in [-0.3, -0.25) is 4.90 Å². The molecule has 0 bridgehead atoms. The smallest absolute Gasteiger partial charge is 0.241 e. The molecule has 10 heteroatoms. The molecule has 0 spiro atoms. The number of sulfonamides is 1. The van der Waals surface area contributed by atoms with Crippen LogP contribution in [-0.2, 0) is 15.4 Å². The van der Waals surface area contributed by atoms with Crippen LogP contribution in [0.2, 0.25) is 0 Å². The van der Waals surface area contributed by atoms with E-state index in [1.165, 1.54) is 12.8 Å². The molecule has 1 aromatic heterocycles. The second-order valence-corrected chi connectivity index (χ2v) is 14.4. The lowest BCUT2D eigenvalue weighted by molar-refractivity contribution is 0.238. The number of aromatic nitrogens is 2. The van der Waals surface area contributed by atoms with Gasteiger partial charge in [0.25, 0.3) is 0 Å². The minimum atomic E-state index is -3.74. The number of hydrogen-bond donors (Lipinski definition) is 3. The molecule has 9 nitrogen and oxygen atoms in total. The van der Waals surface area contributed by atoms with Crippen LogP contribution in [0, 0.1) is 6.92 Å². The van der Waals surface area contributed by atoms with E-state index < -0.39 is 15.6 Å². The molecule has 41 heavy (non-hydrogen) atoms. The summed E-state index contributed by atoms with van der Waals surface area (Å²) in [6.45, 7) is 17.5. The predicted octanol–water partition coefficient (Wildman–Crippen LogP) is 6.12. The largest absolute Gasteiger partial charge is 0.492 e. The minimum absolute atomic E-state index is 0.204. The maximum Gasteiger partial charge on any atom is 0.241 e. The van der Waals surface area contributed by atoms with Crippen molar-refractivity contribution in [1.82, 2.24) is 19.6 Å². The first-order chi connectivity index (χ1) is 19.2. The topological polar surface area (TPSA) is 108 Å². The highest BCUT2D eigenvalue weighted by Crippen LogP contribution is 2.31. The van der Waals surface area contributed by atoms with Crippen LogP contribution in [0.5, 0.6) is 5.75 Å². The van der Waals surface area contributed by atoms with E-state index in [9.17, 15) is 8.42 Å². The molecule has 222 valence electrons. The summed E-state index contributed by atoms with van der Waals surface area (Å²) in [4.78, 5) is 11.8. The molecule has 3 N–H and O–H groups in total. The second-order valence-electron chi connectivity index (χ2n) is 12.7. The van der Waals surface area contributed by atoms with Crippen molar-refractivity contribution >= 4 is 33.2 Å². The Bertz CT molecular complexity index is 1440. The molecule has 0 amide bonds. The highest BCUT2D eigenvalue weighted by Gasteiger charge is 2.25. The molecule has 2 heterocycles. The van der Waals surface area contributed by atoms with Crippen LogP contribution in [0.3, 0.4) is 0 Å². The van der Waals surface area contributed by atoms with Gasteiger partial charge in [0.1, 0.15) is 18.2 Å². The van der Waals surface area contributed by atoms with Crippen LogP contribution in [0.15, 0.2) is 53.6 Å². The summed E-state index contributed by atoms with van der Waals surface area (Å²) in [5, 5.41) is 6.58. The number of nitrogens with one attached hydrogen (secondary N) is 3. The third kappa shape index (κ3) is 8.89. The van der Waals surface area contributed by atoms with Gasteiger partial charge in [-0.15, -0.1) is 0 Å². The Balaban J connectivity index is 1.50. The van der Waals surface area contributed by atoms with Crippen molar-refractivity contribution < 1.29 is 13.2 Å². The van der Waals surface area contributed by atoms with Gasteiger partial charge in [-0.2, -0.15) is 4.98 Å². The van der Waals surface area contributed by atoms with Gasteiger partial charge in [0, 0.05) is 35.2 Å². The highest BCUT2D eigenvalue weighted by atomic mass is 32.2. The Hall–Kier alpha value is -3.21. The highest BCUT2D eigenvalue weighted by molar-refractivity contribution is 7.89. The van der Waals surface area contributed by atoms with E-state index in [2.05, 4.69) is 51.0 Å². The van der Waals surface area contributed by atoms with Gasteiger partial charge >= 0.3 is 0 Å². The fourth-order valence-electron chi connectivity index (χ4n) is 4.55. The van der Waals surface area contributed by atoms with Crippen molar-refractivity contribution in [2.45, 2.75) is 77.2 Å². The predicted molar refractivity (Wildman–Crippen MR) is 166 cm³/mol. The van der Waals surface area contributed by atoms with E-state index in [0.717, 1.165) is 42.2 Å². The number of anilines is 4. The molecule has 0 saturated carbocycles. The van der Waals surface area contributed by atoms with Gasteiger partial charge in [0.15, 0.2) is 0 Å². The van der Waals surface area contributed by atoms with E-state index in [1.807, 2.05) is 58.0 Å². The molecule has 4 rings (SSSR count). The number of ether oxygens (including phenoxy) is 1. The van der Waals surface area contributed by atoms with E-state index in [-0.39, 0.29) is 10.3 Å². The third-order valence-electron chi connectivity index (χ3n) is 6.74. The van der Waals surface area contributed by atoms with E-state index >= 15 is 0 Å². The van der Waals surface area contributed by atoms with Gasteiger partial charge in [0.2, 0.25) is 16.0 Å². The van der Waals surface area contributed by atoms with Crippen LogP contribution in [-0.4, -0.2) is 55.1 Å². The molecule has 1 aliphatic heterocycles. The molecular formula is C31H44N6O3S. The zero-order chi connectivity index (χ0) is 29.8. The number of rotatable bonds is 10. The molecule has 1 fully saturated rings. The Labute approximate surface area is 245 Å². The zero-order valence-corrected chi connectivity index (χ0v) is 26.2. The van der Waals surface area contributed by atoms with Crippen molar-refractivity contribution in [3.8, 4) is 5.75 Å². The molecule has 0 unspecified atom stereocenters. The maximum absolute atomic E-state index is 13.2. The molecule has 0 radical (unpaired) electrons. The number of benzene rings is 2. The molecule has 3 aromatic rings. The van der Waals surface area contributed by atoms with Crippen molar-refractivity contribution in [2.75, 3.05) is 36.9 Å². The minimum Gasteiger partial charge on any atom is -0.492 e. The Kier molecular flexibility index (Phi) is 9.25. The van der Waals surface area contributed by atoms with Gasteiger partial charge in [-0.1, -0.05) is 20.8 Å². The molecule has 1 aliphatic rings. The summed E-state index contributed by atoms with van der Waals surface area (Å²) in [7, 11) is -3.74. The second kappa shape index (κ2) is 12.3. The monoisotopic (exact) mass is 580 g/mol. The normalized spacial score (nSPS) is 14.7. The molecular weight excluding hydrogens is 536 g/mol. The number of hydrogen-bond acceptors (Lipinski definition) is 8. The summed E-state index contributed by atoms with van der Waals surface area (Å²) < 4.78 is 35.1. The van der Waals surface area contributed by atoms with E-state index in [4.69, 9.17) is 4.74 Å². The molecule has 0 atom stereocenters. The van der Waals surface area contributed by atoms with E-state index in [1.54, 1.807) is 18.3 Å². The summed E-state index contributed by atoms with van der Waals surface area (Å²) >= 11 is 0. The van der Waals surface area contributed by atoms with Crippen LogP contribution < -0.4 is 20.1 Å². The summed E-state index contributed by atoms with van der Waals surface area (Å²) in [5.41, 5.74) is 2.32. The van der Waals surface area contributed by atoms with Crippen LogP contribution in [0.1, 0.15) is 65.5 Å². The van der Waals surface area contributed by atoms with Gasteiger partial charge in [0.05, 0.1) is 4.90 Å². The van der Waals surface area contributed by atoms with Gasteiger partial charge in [-0.25, -0.2) is 18.1 Å². The summed E-state index contributed by atoms with van der Waals surface area (Å²) in [6.07, 6.45) is 4.29. The van der Waals surface area contributed by atoms with Crippen LogP contribution in [0.25, 0.3) is 0 Å². The summed E-state index contributed by atoms with van der Waals surface area (Å²) in [6, 6.07) is 13.1. The lowest BCUT2D eigenvalue weighted by atomic mass is 9.87. The van der Waals surface area contributed by atoms with Crippen LogP contribution >= 0.6 is 0 Å². The van der Waals surface area contributed by atoms with Crippen LogP contribution in [0.4, 0.5) is 23.1 Å². The number of likely N-dealkylation sites (tertiary alicyclic amines) is 1. The first-order valence-electron chi connectivity index (χ1n) is 14.2. The Morgan fingerprint density at radius 2 is 1.61 bits per heavy atom. The number of nitrogens with zero attached hydrogens (tertiary/aromatic N) is 3. The average Bonchev–Trinajstić information content (AvgIpc) is 3.39. The fraction of sp³-hybridized carbons (Fsp3) is 0.484.